The van der Waals surface area contributed by atoms with Gasteiger partial charge in [-0.25, -0.2) is 0 Å². The van der Waals surface area contributed by atoms with Gasteiger partial charge in [0.25, 0.3) is 5.91 Å². The van der Waals surface area contributed by atoms with Crippen LogP contribution in [-0.4, -0.2) is 25.2 Å². The summed E-state index contributed by atoms with van der Waals surface area (Å²) in [6, 6.07) is 9.94. The van der Waals surface area contributed by atoms with Gasteiger partial charge in [-0.3, -0.25) is 4.79 Å². The SMILES string of the molecule is COC1CC(C)N(c2ccccc2)C1=O. The summed E-state index contributed by atoms with van der Waals surface area (Å²) in [5, 5.41) is 0. The molecule has 1 aromatic rings. The van der Waals surface area contributed by atoms with Crippen LogP contribution >= 0.6 is 0 Å². The molecule has 0 saturated carbocycles. The molecule has 1 amide bonds. The number of rotatable bonds is 2. The van der Waals surface area contributed by atoms with Gasteiger partial charge in [-0.2, -0.15) is 0 Å². The molecule has 1 aliphatic heterocycles. The Balaban J connectivity index is 2.27. The third-order valence-electron chi connectivity index (χ3n) is 2.83. The highest BCUT2D eigenvalue weighted by atomic mass is 16.5. The summed E-state index contributed by atoms with van der Waals surface area (Å²) < 4.78 is 5.15. The highest BCUT2D eigenvalue weighted by molar-refractivity contribution is 5.99. The van der Waals surface area contributed by atoms with E-state index in [2.05, 4.69) is 0 Å². The molecule has 1 heterocycles. The zero-order chi connectivity index (χ0) is 10.8. The first-order valence-electron chi connectivity index (χ1n) is 5.15. The van der Waals surface area contributed by atoms with E-state index in [0.29, 0.717) is 0 Å². The summed E-state index contributed by atoms with van der Waals surface area (Å²) in [7, 11) is 1.59. The molecule has 3 nitrogen and oxygen atoms in total. The standard InChI is InChI=1S/C12H15NO2/c1-9-8-11(15-2)12(14)13(9)10-6-4-3-5-7-10/h3-7,9,11H,8H2,1-2H3. The minimum Gasteiger partial charge on any atom is -0.372 e. The minimum atomic E-state index is -0.278. The smallest absolute Gasteiger partial charge is 0.256 e. The number of nitrogens with zero attached hydrogens (tertiary/aromatic N) is 1. The van der Waals surface area contributed by atoms with Crippen molar-refractivity contribution in [1.82, 2.24) is 0 Å². The zero-order valence-electron chi connectivity index (χ0n) is 9.01. The van der Waals surface area contributed by atoms with Crippen molar-refractivity contribution in [1.29, 1.82) is 0 Å². The first-order chi connectivity index (χ1) is 7.24. The van der Waals surface area contributed by atoms with Gasteiger partial charge in [0, 0.05) is 25.3 Å². The van der Waals surface area contributed by atoms with E-state index in [1.54, 1.807) is 7.11 Å². The van der Waals surface area contributed by atoms with E-state index in [0.717, 1.165) is 12.1 Å². The lowest BCUT2D eigenvalue weighted by atomic mass is 10.2. The number of methoxy groups -OCH3 is 1. The van der Waals surface area contributed by atoms with E-state index in [9.17, 15) is 4.79 Å². The molecule has 1 aromatic carbocycles. The predicted octanol–water partition coefficient (Wildman–Crippen LogP) is 1.83. The average Bonchev–Trinajstić information content (AvgIpc) is 2.55. The largest absolute Gasteiger partial charge is 0.372 e. The molecule has 2 rings (SSSR count). The lowest BCUT2D eigenvalue weighted by Crippen LogP contribution is -2.33. The Hall–Kier alpha value is -1.35. The lowest BCUT2D eigenvalue weighted by Gasteiger charge is -2.21. The van der Waals surface area contributed by atoms with Crippen LogP contribution in [0.1, 0.15) is 13.3 Å². The highest BCUT2D eigenvalue weighted by Gasteiger charge is 2.37. The van der Waals surface area contributed by atoms with E-state index >= 15 is 0 Å². The van der Waals surface area contributed by atoms with E-state index in [1.165, 1.54) is 0 Å². The second-order valence-corrected chi connectivity index (χ2v) is 3.85. The number of hydrogen-bond donors (Lipinski definition) is 0. The van der Waals surface area contributed by atoms with Crippen molar-refractivity contribution in [2.45, 2.75) is 25.5 Å². The summed E-state index contributed by atoms with van der Waals surface area (Å²) in [5.41, 5.74) is 0.953. The number of carbonyl (C=O) groups excluding carboxylic acids is 1. The van der Waals surface area contributed by atoms with Gasteiger partial charge < -0.3 is 9.64 Å². The number of hydrogen-bond acceptors (Lipinski definition) is 2. The molecule has 1 saturated heterocycles. The van der Waals surface area contributed by atoms with Crippen molar-refractivity contribution in [3.63, 3.8) is 0 Å². The Bertz CT molecular complexity index is 350. The van der Waals surface area contributed by atoms with Crippen LogP contribution in [0.4, 0.5) is 5.69 Å². The van der Waals surface area contributed by atoms with Crippen molar-refractivity contribution in [3.8, 4) is 0 Å². The van der Waals surface area contributed by atoms with Crippen LogP contribution in [0.3, 0.4) is 0 Å². The molecule has 0 aliphatic carbocycles. The van der Waals surface area contributed by atoms with Crippen molar-refractivity contribution >= 4 is 11.6 Å². The third kappa shape index (κ3) is 1.75. The van der Waals surface area contributed by atoms with Gasteiger partial charge in [-0.05, 0) is 19.1 Å². The van der Waals surface area contributed by atoms with Gasteiger partial charge in [0.05, 0.1) is 0 Å². The molecule has 1 aliphatic rings. The first-order valence-corrected chi connectivity index (χ1v) is 5.15. The minimum absolute atomic E-state index is 0.0659. The molecule has 0 spiro atoms. The Morgan fingerprint density at radius 1 is 1.33 bits per heavy atom. The normalized spacial score (nSPS) is 26.0. The second-order valence-electron chi connectivity index (χ2n) is 3.85. The molecular weight excluding hydrogens is 190 g/mol. The van der Waals surface area contributed by atoms with Gasteiger partial charge in [-0.1, -0.05) is 18.2 Å². The lowest BCUT2D eigenvalue weighted by molar-refractivity contribution is -0.125. The van der Waals surface area contributed by atoms with Crippen LogP contribution in [0.2, 0.25) is 0 Å². The summed E-state index contributed by atoms with van der Waals surface area (Å²) in [5.74, 6) is 0.0659. The quantitative estimate of drug-likeness (QED) is 0.737. The molecule has 2 unspecified atom stereocenters. The van der Waals surface area contributed by atoms with Crippen LogP contribution in [0.25, 0.3) is 0 Å². The maximum atomic E-state index is 11.9. The van der Waals surface area contributed by atoms with Gasteiger partial charge >= 0.3 is 0 Å². The molecule has 3 heteroatoms. The van der Waals surface area contributed by atoms with Crippen LogP contribution in [0.5, 0.6) is 0 Å². The molecule has 0 aromatic heterocycles. The van der Waals surface area contributed by atoms with Gasteiger partial charge in [0.15, 0.2) is 0 Å². The van der Waals surface area contributed by atoms with Gasteiger partial charge in [0.1, 0.15) is 6.10 Å². The van der Waals surface area contributed by atoms with Gasteiger partial charge in [-0.15, -0.1) is 0 Å². The fraction of sp³-hybridized carbons (Fsp3) is 0.417. The Morgan fingerprint density at radius 2 is 2.00 bits per heavy atom. The fourth-order valence-electron chi connectivity index (χ4n) is 2.06. The number of ether oxygens (including phenoxy) is 1. The Kier molecular flexibility index (Phi) is 2.73. The van der Waals surface area contributed by atoms with Crippen LogP contribution in [-0.2, 0) is 9.53 Å². The highest BCUT2D eigenvalue weighted by Crippen LogP contribution is 2.27. The van der Waals surface area contributed by atoms with Crippen molar-refractivity contribution in [2.75, 3.05) is 12.0 Å². The molecule has 0 N–H and O–H groups in total. The van der Waals surface area contributed by atoms with Crippen molar-refractivity contribution in [2.24, 2.45) is 0 Å². The molecular formula is C12H15NO2. The van der Waals surface area contributed by atoms with Crippen LogP contribution < -0.4 is 4.90 Å². The molecule has 2 atom stereocenters. The van der Waals surface area contributed by atoms with E-state index in [1.807, 2.05) is 42.2 Å². The molecule has 15 heavy (non-hydrogen) atoms. The number of anilines is 1. The van der Waals surface area contributed by atoms with Crippen molar-refractivity contribution in [3.05, 3.63) is 30.3 Å². The summed E-state index contributed by atoms with van der Waals surface area (Å²) >= 11 is 0. The maximum absolute atomic E-state index is 11.9. The number of para-hydroxylation sites is 1. The first kappa shape index (κ1) is 10.2. The zero-order valence-corrected chi connectivity index (χ0v) is 9.01. The van der Waals surface area contributed by atoms with Gasteiger partial charge in [0.2, 0.25) is 0 Å². The van der Waals surface area contributed by atoms with E-state index in [4.69, 9.17) is 4.74 Å². The number of carbonyl (C=O) groups is 1. The summed E-state index contributed by atoms with van der Waals surface area (Å²) in [6.45, 7) is 2.05. The third-order valence-corrected chi connectivity index (χ3v) is 2.83. The van der Waals surface area contributed by atoms with Crippen LogP contribution in [0, 0.1) is 0 Å². The molecule has 80 valence electrons. The Morgan fingerprint density at radius 3 is 2.53 bits per heavy atom. The van der Waals surface area contributed by atoms with Crippen molar-refractivity contribution < 1.29 is 9.53 Å². The number of amides is 1. The monoisotopic (exact) mass is 205 g/mol. The summed E-state index contributed by atoms with van der Waals surface area (Å²) in [6.07, 6.45) is 0.490. The predicted molar refractivity (Wildman–Crippen MR) is 58.8 cm³/mol. The number of benzene rings is 1. The second kappa shape index (κ2) is 4.03. The fourth-order valence-corrected chi connectivity index (χ4v) is 2.06. The molecule has 1 fully saturated rings. The molecule has 0 bridgehead atoms. The van der Waals surface area contributed by atoms with Crippen LogP contribution in [0.15, 0.2) is 30.3 Å². The topological polar surface area (TPSA) is 29.5 Å². The van der Waals surface area contributed by atoms with E-state index in [-0.39, 0.29) is 18.1 Å². The maximum Gasteiger partial charge on any atom is 0.256 e. The van der Waals surface area contributed by atoms with E-state index < -0.39 is 0 Å². The summed E-state index contributed by atoms with van der Waals surface area (Å²) in [4.78, 5) is 13.8. The average molecular weight is 205 g/mol. The molecule has 0 radical (unpaired) electrons. The Labute approximate surface area is 89.7 Å².